The van der Waals surface area contributed by atoms with Gasteiger partial charge in [-0.15, -0.1) is 0 Å². The van der Waals surface area contributed by atoms with Crippen molar-refractivity contribution in [3.05, 3.63) is 66.6 Å². The molecule has 2 fully saturated rings. The lowest BCUT2D eigenvalue weighted by atomic mass is 10.1. The molecular weight excluding hydrogens is 492 g/mol. The van der Waals surface area contributed by atoms with Gasteiger partial charge in [0.25, 0.3) is 10.0 Å². The molecule has 0 spiro atoms. The van der Waals surface area contributed by atoms with E-state index in [2.05, 4.69) is 15.4 Å². The molecule has 2 atom stereocenters. The number of anilines is 1. The number of hydrogen-bond acceptors (Lipinski definition) is 8. The molecule has 5 heterocycles. The van der Waals surface area contributed by atoms with Gasteiger partial charge in [0.2, 0.25) is 11.8 Å². The zero-order valence-electron chi connectivity index (χ0n) is 20.2. The average Bonchev–Trinajstić information content (AvgIpc) is 3.38. The van der Waals surface area contributed by atoms with Crippen molar-refractivity contribution in [2.75, 3.05) is 25.6 Å². The number of benzene rings is 1. The Hall–Kier alpha value is -3.96. The normalized spacial score (nSPS) is 20.9. The lowest BCUT2D eigenvalue weighted by Crippen LogP contribution is -2.16. The number of ether oxygens (including phenoxy) is 2. The number of nitrogens with zero attached hydrogens (tertiary/aromatic N) is 5. The third kappa shape index (κ3) is 3.49. The maximum absolute atomic E-state index is 13.9. The summed E-state index contributed by atoms with van der Waals surface area (Å²) in [4.78, 5) is 9.53. The van der Waals surface area contributed by atoms with E-state index in [1.54, 1.807) is 41.2 Å². The minimum Gasteiger partial charge on any atom is -0.480 e. The smallest absolute Gasteiger partial charge is 0.269 e. The number of nitrogens with one attached hydrogen (secondary N) is 1. The summed E-state index contributed by atoms with van der Waals surface area (Å²) in [5, 5.41) is 8.16. The van der Waals surface area contributed by atoms with Gasteiger partial charge >= 0.3 is 0 Å². The molecule has 7 rings (SSSR count). The third-order valence-electron chi connectivity index (χ3n) is 7.31. The van der Waals surface area contributed by atoms with Crippen LogP contribution in [-0.4, -0.2) is 58.3 Å². The lowest BCUT2D eigenvalue weighted by molar-refractivity contribution is 0.162. The van der Waals surface area contributed by atoms with E-state index in [9.17, 15) is 8.42 Å². The molecule has 1 saturated heterocycles. The largest absolute Gasteiger partial charge is 0.480 e. The average molecular weight is 517 g/mol. The molecule has 10 nitrogen and oxygen atoms in total. The maximum Gasteiger partial charge on any atom is 0.269 e. The molecule has 11 heteroatoms. The second kappa shape index (κ2) is 8.02. The van der Waals surface area contributed by atoms with Crippen LogP contribution in [0.2, 0.25) is 0 Å². The highest BCUT2D eigenvalue weighted by molar-refractivity contribution is 7.90. The minimum atomic E-state index is -3.97. The Kier molecular flexibility index (Phi) is 4.82. The van der Waals surface area contributed by atoms with E-state index in [1.807, 2.05) is 31.3 Å². The fourth-order valence-corrected chi connectivity index (χ4v) is 6.51. The first-order valence-electron chi connectivity index (χ1n) is 12.0. The first kappa shape index (κ1) is 22.3. The summed E-state index contributed by atoms with van der Waals surface area (Å²) < 4.78 is 42.0. The number of rotatable bonds is 6. The highest BCUT2D eigenvalue weighted by atomic mass is 32.2. The molecule has 37 heavy (non-hydrogen) atoms. The Labute approximate surface area is 212 Å². The first-order chi connectivity index (χ1) is 17.9. The molecule has 0 amide bonds. The van der Waals surface area contributed by atoms with Crippen molar-refractivity contribution in [2.24, 2.45) is 11.8 Å². The lowest BCUT2D eigenvalue weighted by Gasteiger charge is -2.11. The maximum atomic E-state index is 13.9. The van der Waals surface area contributed by atoms with Crippen LogP contribution >= 0.6 is 0 Å². The second-order valence-electron chi connectivity index (χ2n) is 9.56. The summed E-state index contributed by atoms with van der Waals surface area (Å²) in [6.07, 6.45) is 5.15. The van der Waals surface area contributed by atoms with Gasteiger partial charge in [0.15, 0.2) is 5.65 Å². The van der Waals surface area contributed by atoms with Crippen molar-refractivity contribution >= 4 is 32.5 Å². The van der Waals surface area contributed by atoms with E-state index in [0.717, 1.165) is 16.6 Å². The van der Waals surface area contributed by atoms with Crippen LogP contribution in [0.1, 0.15) is 5.56 Å². The van der Waals surface area contributed by atoms with E-state index in [0.29, 0.717) is 47.8 Å². The highest BCUT2D eigenvalue weighted by Gasteiger charge is 2.54. The van der Waals surface area contributed by atoms with E-state index in [-0.39, 0.29) is 16.6 Å². The number of aromatic nitrogens is 5. The van der Waals surface area contributed by atoms with Crippen molar-refractivity contribution in [2.45, 2.75) is 17.9 Å². The fourth-order valence-electron chi connectivity index (χ4n) is 5.20. The van der Waals surface area contributed by atoms with Gasteiger partial charge in [-0.25, -0.2) is 16.9 Å². The Balaban J connectivity index is 1.44. The molecule has 5 aromatic rings. The SMILES string of the molecule is COc1nc(NC2C3COCC32)nc2c1c(-c1ccn3nccc3c1)cn2S(=O)(=O)c1ccc(C)cc1. The summed E-state index contributed by atoms with van der Waals surface area (Å²) >= 11 is 0. The quantitative estimate of drug-likeness (QED) is 0.366. The number of hydrogen-bond donors (Lipinski definition) is 1. The van der Waals surface area contributed by atoms with Gasteiger partial charge in [-0.1, -0.05) is 17.7 Å². The number of aryl methyl sites for hydroxylation is 1. The van der Waals surface area contributed by atoms with E-state index in [1.165, 1.54) is 11.1 Å². The Bertz CT molecular complexity index is 1770. The molecule has 1 N–H and O–H groups in total. The Morgan fingerprint density at radius 3 is 2.62 bits per heavy atom. The van der Waals surface area contributed by atoms with Crippen LogP contribution in [0.25, 0.3) is 27.7 Å². The molecule has 0 radical (unpaired) electrons. The van der Waals surface area contributed by atoms with Crippen LogP contribution in [0.5, 0.6) is 5.88 Å². The van der Waals surface area contributed by atoms with Crippen molar-refractivity contribution in [3.63, 3.8) is 0 Å². The summed E-state index contributed by atoms with van der Waals surface area (Å²) in [6, 6.07) is 12.7. The molecule has 4 aromatic heterocycles. The zero-order valence-corrected chi connectivity index (χ0v) is 21.0. The molecule has 2 aliphatic rings. The van der Waals surface area contributed by atoms with Crippen molar-refractivity contribution < 1.29 is 17.9 Å². The van der Waals surface area contributed by atoms with Crippen molar-refractivity contribution in [1.29, 1.82) is 0 Å². The van der Waals surface area contributed by atoms with Gasteiger partial charge in [0.05, 0.1) is 36.1 Å². The molecule has 0 bridgehead atoms. The molecular formula is C26H24N6O4S. The number of pyridine rings is 1. The molecule has 1 aromatic carbocycles. The van der Waals surface area contributed by atoms with Gasteiger partial charge in [-0.3, -0.25) is 0 Å². The summed E-state index contributed by atoms with van der Waals surface area (Å²) in [5.41, 5.74) is 3.54. The molecule has 188 valence electrons. The number of fused-ring (bicyclic) bond motifs is 3. The fraction of sp³-hybridized carbons (Fsp3) is 0.269. The van der Waals surface area contributed by atoms with E-state index < -0.39 is 10.0 Å². The predicted octanol–water partition coefficient (Wildman–Crippen LogP) is 3.36. The monoisotopic (exact) mass is 516 g/mol. The molecule has 1 aliphatic heterocycles. The first-order valence-corrected chi connectivity index (χ1v) is 13.5. The zero-order chi connectivity index (χ0) is 25.3. The topological polar surface area (TPSA) is 113 Å². The van der Waals surface area contributed by atoms with Crippen molar-refractivity contribution in [1.82, 2.24) is 23.6 Å². The van der Waals surface area contributed by atoms with Crippen LogP contribution in [0.4, 0.5) is 5.95 Å². The highest BCUT2D eigenvalue weighted by Crippen LogP contribution is 2.46. The Morgan fingerprint density at radius 1 is 1.08 bits per heavy atom. The third-order valence-corrected chi connectivity index (χ3v) is 8.97. The van der Waals surface area contributed by atoms with Gasteiger partial charge < -0.3 is 14.8 Å². The van der Waals surface area contributed by atoms with Crippen LogP contribution in [0.15, 0.2) is 66.0 Å². The Morgan fingerprint density at radius 2 is 1.86 bits per heavy atom. The van der Waals surface area contributed by atoms with Crippen LogP contribution < -0.4 is 10.1 Å². The van der Waals surface area contributed by atoms with Gasteiger partial charge in [0, 0.05) is 42.0 Å². The van der Waals surface area contributed by atoms with Gasteiger partial charge in [0.1, 0.15) is 0 Å². The second-order valence-corrected chi connectivity index (χ2v) is 11.4. The van der Waals surface area contributed by atoms with E-state index >= 15 is 0 Å². The van der Waals surface area contributed by atoms with Crippen LogP contribution in [0, 0.1) is 18.8 Å². The van der Waals surface area contributed by atoms with Gasteiger partial charge in [-0.05, 0) is 42.8 Å². The summed E-state index contributed by atoms with van der Waals surface area (Å²) in [5.74, 6) is 1.48. The van der Waals surface area contributed by atoms with E-state index in [4.69, 9.17) is 14.5 Å². The molecule has 2 unspecified atom stereocenters. The van der Waals surface area contributed by atoms with Crippen LogP contribution in [0.3, 0.4) is 0 Å². The van der Waals surface area contributed by atoms with Gasteiger partial charge in [-0.2, -0.15) is 15.1 Å². The summed E-state index contributed by atoms with van der Waals surface area (Å²) in [6.45, 7) is 3.34. The van der Waals surface area contributed by atoms with Crippen molar-refractivity contribution in [3.8, 4) is 17.0 Å². The summed E-state index contributed by atoms with van der Waals surface area (Å²) in [7, 11) is -2.44. The number of methoxy groups -OCH3 is 1. The molecule has 1 aliphatic carbocycles. The molecule has 1 saturated carbocycles. The van der Waals surface area contributed by atoms with Crippen LogP contribution in [-0.2, 0) is 14.8 Å². The predicted molar refractivity (Wildman–Crippen MR) is 137 cm³/mol. The minimum absolute atomic E-state index is 0.175. The standard InChI is InChI=1S/C26H24N6O4S/c1-15-3-5-18(6-4-15)37(33,34)32-12-19(16-8-10-31-17(11-16)7-9-27-31)22-24(32)29-26(30-25(22)35-2)28-23-20-13-36-14-21(20)23/h3-12,20-21,23H,13-14H2,1-2H3,(H,28,29,30).